The summed E-state index contributed by atoms with van der Waals surface area (Å²) in [6.45, 7) is 0. The van der Waals surface area contributed by atoms with Crippen molar-refractivity contribution in [2.75, 3.05) is 10.6 Å². The first-order valence-corrected chi connectivity index (χ1v) is 8.65. The Morgan fingerprint density at radius 2 is 1.31 bits per heavy atom. The maximum Gasteiger partial charge on any atom is 0.227 e. The number of para-hydroxylation sites is 1. The van der Waals surface area contributed by atoms with Crippen molar-refractivity contribution in [3.8, 4) is 0 Å². The maximum atomic E-state index is 13.6. The molecule has 0 radical (unpaired) electrons. The average molecular weight is 358 g/mol. The van der Waals surface area contributed by atoms with Gasteiger partial charge >= 0.3 is 0 Å². The van der Waals surface area contributed by atoms with Crippen molar-refractivity contribution < 1.29 is 18.4 Å². The monoisotopic (exact) mass is 358 g/mol. The topological polar surface area (TPSA) is 58.2 Å². The average Bonchev–Trinajstić information content (AvgIpc) is 2.65. The molecule has 1 fully saturated rings. The van der Waals surface area contributed by atoms with Crippen LogP contribution in [0.2, 0.25) is 0 Å². The summed E-state index contributed by atoms with van der Waals surface area (Å²) >= 11 is 0. The van der Waals surface area contributed by atoms with Gasteiger partial charge in [-0.2, -0.15) is 0 Å². The first-order chi connectivity index (χ1) is 12.5. The van der Waals surface area contributed by atoms with Crippen molar-refractivity contribution >= 4 is 23.2 Å². The SMILES string of the molecule is O=C(Nc1ccc(F)cc1)C1CCC(C(=O)Nc2ccccc2F)CC1. The summed E-state index contributed by atoms with van der Waals surface area (Å²) in [5.74, 6) is -1.57. The zero-order valence-corrected chi connectivity index (χ0v) is 14.2. The van der Waals surface area contributed by atoms with Gasteiger partial charge in [-0.3, -0.25) is 9.59 Å². The lowest BCUT2D eigenvalue weighted by atomic mass is 9.81. The predicted molar refractivity (Wildman–Crippen MR) is 95.5 cm³/mol. The van der Waals surface area contributed by atoms with Gasteiger partial charge in [0.15, 0.2) is 0 Å². The normalized spacial score (nSPS) is 19.6. The van der Waals surface area contributed by atoms with Crippen LogP contribution in [0.5, 0.6) is 0 Å². The van der Waals surface area contributed by atoms with E-state index in [2.05, 4.69) is 10.6 Å². The number of hydrogen-bond donors (Lipinski definition) is 2. The fourth-order valence-corrected chi connectivity index (χ4v) is 3.19. The molecule has 4 nitrogen and oxygen atoms in total. The molecule has 0 aromatic heterocycles. The van der Waals surface area contributed by atoms with Gasteiger partial charge in [-0.15, -0.1) is 0 Å². The number of amides is 2. The number of carbonyl (C=O) groups is 2. The Kier molecular flexibility index (Phi) is 5.61. The number of hydrogen-bond acceptors (Lipinski definition) is 2. The third-order valence-corrected chi connectivity index (χ3v) is 4.71. The van der Waals surface area contributed by atoms with Crippen molar-refractivity contribution in [3.63, 3.8) is 0 Å². The second-order valence-electron chi connectivity index (χ2n) is 6.51. The van der Waals surface area contributed by atoms with Gasteiger partial charge in [-0.05, 0) is 62.1 Å². The van der Waals surface area contributed by atoms with Crippen LogP contribution in [0.3, 0.4) is 0 Å². The number of anilines is 2. The summed E-state index contributed by atoms with van der Waals surface area (Å²) in [5.41, 5.74) is 0.726. The van der Waals surface area contributed by atoms with E-state index in [1.807, 2.05) is 0 Å². The van der Waals surface area contributed by atoms with Crippen LogP contribution in [0.4, 0.5) is 20.2 Å². The lowest BCUT2D eigenvalue weighted by molar-refractivity contribution is -0.125. The van der Waals surface area contributed by atoms with Crippen LogP contribution < -0.4 is 10.6 Å². The van der Waals surface area contributed by atoms with Crippen LogP contribution >= 0.6 is 0 Å². The highest BCUT2D eigenvalue weighted by molar-refractivity contribution is 5.94. The van der Waals surface area contributed by atoms with Crippen LogP contribution in [0.15, 0.2) is 48.5 Å². The van der Waals surface area contributed by atoms with Gasteiger partial charge in [0.1, 0.15) is 11.6 Å². The van der Waals surface area contributed by atoms with Crippen molar-refractivity contribution in [2.45, 2.75) is 25.7 Å². The van der Waals surface area contributed by atoms with Crippen molar-refractivity contribution in [1.82, 2.24) is 0 Å². The molecule has 0 saturated heterocycles. The fraction of sp³-hybridized carbons (Fsp3) is 0.300. The van der Waals surface area contributed by atoms with E-state index in [1.54, 1.807) is 12.1 Å². The second kappa shape index (κ2) is 8.08. The molecule has 136 valence electrons. The van der Waals surface area contributed by atoms with Gasteiger partial charge in [-0.25, -0.2) is 8.78 Å². The molecule has 1 saturated carbocycles. The molecule has 2 amide bonds. The van der Waals surface area contributed by atoms with Crippen molar-refractivity contribution in [2.24, 2.45) is 11.8 Å². The minimum atomic E-state index is -0.465. The maximum absolute atomic E-state index is 13.6. The third-order valence-electron chi connectivity index (χ3n) is 4.71. The molecule has 0 spiro atoms. The molecule has 2 aromatic carbocycles. The number of halogens is 2. The second-order valence-corrected chi connectivity index (χ2v) is 6.51. The molecule has 26 heavy (non-hydrogen) atoms. The first kappa shape index (κ1) is 18.0. The van der Waals surface area contributed by atoms with Crippen LogP contribution in [0, 0.1) is 23.5 Å². The predicted octanol–water partition coefficient (Wildman–Crippen LogP) is 4.35. The highest BCUT2D eigenvalue weighted by Gasteiger charge is 2.30. The highest BCUT2D eigenvalue weighted by Crippen LogP contribution is 2.31. The molecule has 0 bridgehead atoms. The quantitative estimate of drug-likeness (QED) is 0.854. The largest absolute Gasteiger partial charge is 0.326 e. The zero-order chi connectivity index (χ0) is 18.5. The number of benzene rings is 2. The first-order valence-electron chi connectivity index (χ1n) is 8.65. The molecule has 6 heteroatoms. The van der Waals surface area contributed by atoms with Crippen molar-refractivity contribution in [1.29, 1.82) is 0 Å². The summed E-state index contributed by atoms with van der Waals surface area (Å²) in [5, 5.41) is 5.39. The Morgan fingerprint density at radius 1 is 0.769 bits per heavy atom. The Hall–Kier alpha value is -2.76. The van der Waals surface area contributed by atoms with E-state index in [0.717, 1.165) is 0 Å². The molecule has 0 heterocycles. The summed E-state index contributed by atoms with van der Waals surface area (Å²) in [4.78, 5) is 24.6. The van der Waals surface area contributed by atoms with Gasteiger partial charge in [0.25, 0.3) is 0 Å². The molecule has 2 aromatic rings. The number of rotatable bonds is 4. The van der Waals surface area contributed by atoms with E-state index in [0.29, 0.717) is 31.4 Å². The van der Waals surface area contributed by atoms with Gasteiger partial charge in [0, 0.05) is 17.5 Å². The number of carbonyl (C=O) groups excluding carboxylic acids is 2. The Balaban J connectivity index is 1.50. The molecule has 2 N–H and O–H groups in total. The molecule has 1 aliphatic carbocycles. The van der Waals surface area contributed by atoms with Gasteiger partial charge in [0.2, 0.25) is 11.8 Å². The summed E-state index contributed by atoms with van der Waals surface area (Å²) in [6, 6.07) is 11.7. The summed E-state index contributed by atoms with van der Waals surface area (Å²) in [7, 11) is 0. The Labute approximate surface area is 150 Å². The van der Waals surface area contributed by atoms with Gasteiger partial charge < -0.3 is 10.6 Å². The standard InChI is InChI=1S/C20H20F2N2O2/c21-15-9-11-16(12-10-15)23-19(25)13-5-7-14(8-6-13)20(26)24-18-4-2-1-3-17(18)22/h1-4,9-14H,5-8H2,(H,23,25)(H,24,26). The van der Waals surface area contributed by atoms with E-state index >= 15 is 0 Å². The minimum absolute atomic E-state index is 0.121. The molecule has 0 aliphatic heterocycles. The minimum Gasteiger partial charge on any atom is -0.326 e. The molecule has 3 rings (SSSR count). The lowest BCUT2D eigenvalue weighted by Gasteiger charge is -2.27. The fourth-order valence-electron chi connectivity index (χ4n) is 3.19. The molecular weight excluding hydrogens is 338 g/mol. The third kappa shape index (κ3) is 4.45. The van der Waals surface area contributed by atoms with E-state index in [9.17, 15) is 18.4 Å². The van der Waals surface area contributed by atoms with E-state index in [4.69, 9.17) is 0 Å². The van der Waals surface area contributed by atoms with E-state index < -0.39 is 5.82 Å². The Morgan fingerprint density at radius 3 is 1.88 bits per heavy atom. The zero-order valence-electron chi connectivity index (χ0n) is 14.2. The van der Waals surface area contributed by atoms with E-state index in [-0.39, 0.29) is 35.2 Å². The van der Waals surface area contributed by atoms with E-state index in [1.165, 1.54) is 36.4 Å². The van der Waals surface area contributed by atoms with Crippen LogP contribution in [-0.4, -0.2) is 11.8 Å². The Bertz CT molecular complexity index is 785. The van der Waals surface area contributed by atoms with Crippen LogP contribution in [0.1, 0.15) is 25.7 Å². The smallest absolute Gasteiger partial charge is 0.227 e. The summed E-state index contributed by atoms with van der Waals surface area (Å²) in [6.07, 6.45) is 2.31. The highest BCUT2D eigenvalue weighted by atomic mass is 19.1. The van der Waals surface area contributed by atoms with Gasteiger partial charge in [-0.1, -0.05) is 12.1 Å². The molecule has 1 aliphatic rings. The molecule has 0 atom stereocenters. The van der Waals surface area contributed by atoms with Gasteiger partial charge in [0.05, 0.1) is 5.69 Å². The lowest BCUT2D eigenvalue weighted by Crippen LogP contribution is -2.32. The van der Waals surface area contributed by atoms with Crippen LogP contribution in [0.25, 0.3) is 0 Å². The van der Waals surface area contributed by atoms with Crippen LogP contribution in [-0.2, 0) is 9.59 Å². The molecular formula is C20H20F2N2O2. The molecule has 0 unspecified atom stereocenters. The van der Waals surface area contributed by atoms with Crippen molar-refractivity contribution in [3.05, 3.63) is 60.2 Å². The number of nitrogens with one attached hydrogen (secondary N) is 2. The summed E-state index contributed by atoms with van der Waals surface area (Å²) < 4.78 is 26.5.